The Bertz CT molecular complexity index is 1680. The van der Waals surface area contributed by atoms with Crippen molar-refractivity contribution in [2.24, 2.45) is 0 Å². The number of aliphatic carboxylic acids is 1. The van der Waals surface area contributed by atoms with Gasteiger partial charge in [0.15, 0.2) is 17.7 Å². The lowest BCUT2D eigenvalue weighted by Gasteiger charge is -2.17. The van der Waals surface area contributed by atoms with Crippen LogP contribution in [0.2, 0.25) is 0 Å². The van der Waals surface area contributed by atoms with E-state index in [9.17, 15) is 24.6 Å². The van der Waals surface area contributed by atoms with E-state index < -0.39 is 30.1 Å². The Morgan fingerprint density at radius 1 is 0.898 bits per heavy atom. The van der Waals surface area contributed by atoms with Gasteiger partial charge in [0.05, 0.1) is 30.5 Å². The van der Waals surface area contributed by atoms with Crippen molar-refractivity contribution in [3.63, 3.8) is 0 Å². The molecule has 0 aliphatic carbocycles. The Morgan fingerprint density at radius 2 is 1.59 bits per heavy atom. The van der Waals surface area contributed by atoms with Crippen LogP contribution in [-0.2, 0) is 11.2 Å². The molecule has 4 N–H and O–H groups in total. The molecule has 49 heavy (non-hydrogen) atoms. The lowest BCUT2D eigenvalue weighted by atomic mass is 10.0. The van der Waals surface area contributed by atoms with Crippen molar-refractivity contribution < 1.29 is 43.3 Å². The summed E-state index contributed by atoms with van der Waals surface area (Å²) in [5.74, 6) is -0.866. The molecule has 2 atom stereocenters. The predicted molar refractivity (Wildman–Crippen MR) is 182 cm³/mol. The number of nitrogens with zero attached hydrogens (tertiary/aromatic N) is 1. The number of nitrogens with one attached hydrogen (secondary N) is 2. The van der Waals surface area contributed by atoms with Crippen molar-refractivity contribution in [2.45, 2.75) is 71.6 Å². The van der Waals surface area contributed by atoms with Crippen molar-refractivity contribution in [1.29, 1.82) is 0 Å². The molecule has 0 saturated carbocycles. The second-order valence-electron chi connectivity index (χ2n) is 11.6. The number of carboxylic acid groups (broad SMARTS) is 1. The van der Waals surface area contributed by atoms with Gasteiger partial charge in [0.1, 0.15) is 17.6 Å². The number of amides is 1. The summed E-state index contributed by atoms with van der Waals surface area (Å²) in [5.41, 5.74) is 2.70. The molecule has 1 heterocycles. The second-order valence-corrected chi connectivity index (χ2v) is 11.6. The molecule has 0 spiro atoms. The van der Waals surface area contributed by atoms with Gasteiger partial charge in [-0.15, -0.1) is 0 Å². The number of methoxy groups -OCH3 is 1. The van der Waals surface area contributed by atoms with Gasteiger partial charge in [-0.3, -0.25) is 4.79 Å². The number of aliphatic hydroxyl groups is 1. The van der Waals surface area contributed by atoms with Gasteiger partial charge in [0, 0.05) is 17.7 Å². The fourth-order valence-electron chi connectivity index (χ4n) is 5.17. The summed E-state index contributed by atoms with van der Waals surface area (Å²) in [7, 11) is 1.41. The first-order chi connectivity index (χ1) is 23.6. The zero-order chi connectivity index (χ0) is 35.3. The van der Waals surface area contributed by atoms with Crippen LogP contribution in [0.3, 0.4) is 0 Å². The van der Waals surface area contributed by atoms with Crippen LogP contribution in [0.4, 0.5) is 5.69 Å². The molecule has 0 aliphatic rings. The fraction of sp³-hybridized carbons (Fsp3) is 0.351. The number of carbonyl (C=O) groups excluding carboxylic acids is 2. The molecule has 0 bridgehead atoms. The monoisotopic (exact) mass is 673 g/mol. The first-order valence-electron chi connectivity index (χ1n) is 16.2. The van der Waals surface area contributed by atoms with Gasteiger partial charge >= 0.3 is 11.9 Å². The number of aryl methyl sites for hydroxylation is 2. The van der Waals surface area contributed by atoms with Crippen molar-refractivity contribution in [3.05, 3.63) is 100 Å². The van der Waals surface area contributed by atoms with E-state index in [1.807, 2.05) is 0 Å². The molecule has 12 nitrogen and oxygen atoms in total. The minimum absolute atomic E-state index is 0.0605. The molecule has 0 aliphatic heterocycles. The molecule has 1 aromatic heterocycles. The SMILES string of the molecule is CCCCCCCOc1ccc(C(=O)Oc2ccc(CC(NC(=O)c3ccc(NC(O)c4c(C)noc4C)cc3)C(=O)O)cc2OC)cc1. The minimum Gasteiger partial charge on any atom is -0.494 e. The number of ether oxygens (including phenoxy) is 3. The molecule has 4 rings (SSSR count). The second kappa shape index (κ2) is 17.7. The minimum atomic E-state index is -1.26. The van der Waals surface area contributed by atoms with E-state index in [1.54, 1.807) is 62.4 Å². The lowest BCUT2D eigenvalue weighted by Crippen LogP contribution is -2.42. The van der Waals surface area contributed by atoms with Crippen LogP contribution < -0.4 is 24.8 Å². The van der Waals surface area contributed by atoms with Crippen LogP contribution in [0.5, 0.6) is 17.2 Å². The largest absolute Gasteiger partial charge is 0.494 e. The normalized spacial score (nSPS) is 12.1. The molecular weight excluding hydrogens is 630 g/mol. The number of rotatable bonds is 18. The number of hydrogen-bond donors (Lipinski definition) is 4. The third kappa shape index (κ3) is 10.3. The average molecular weight is 674 g/mol. The van der Waals surface area contributed by atoms with E-state index in [0.29, 0.717) is 46.2 Å². The number of anilines is 1. The summed E-state index contributed by atoms with van der Waals surface area (Å²) < 4.78 is 21.9. The van der Waals surface area contributed by atoms with Crippen LogP contribution in [-0.4, -0.2) is 53.0 Å². The Morgan fingerprint density at radius 3 is 2.22 bits per heavy atom. The number of benzene rings is 3. The third-order valence-electron chi connectivity index (χ3n) is 7.89. The van der Waals surface area contributed by atoms with Crippen molar-refractivity contribution in [3.8, 4) is 17.2 Å². The molecule has 2 unspecified atom stereocenters. The molecule has 1 amide bonds. The quantitative estimate of drug-likeness (QED) is 0.0399. The number of unbranched alkanes of at least 4 members (excludes halogenated alkanes) is 4. The van der Waals surface area contributed by atoms with Gasteiger partial charge in [-0.2, -0.15) is 0 Å². The van der Waals surface area contributed by atoms with Gasteiger partial charge < -0.3 is 39.6 Å². The van der Waals surface area contributed by atoms with E-state index in [-0.39, 0.29) is 23.5 Å². The number of carbonyl (C=O) groups is 3. The summed E-state index contributed by atoms with van der Waals surface area (Å²) in [6, 6.07) is 16.3. The summed E-state index contributed by atoms with van der Waals surface area (Å²) >= 11 is 0. The zero-order valence-electron chi connectivity index (χ0n) is 28.2. The first-order valence-corrected chi connectivity index (χ1v) is 16.2. The van der Waals surface area contributed by atoms with Gasteiger partial charge in [0.2, 0.25) is 0 Å². The highest BCUT2D eigenvalue weighted by atomic mass is 16.6. The zero-order valence-corrected chi connectivity index (χ0v) is 28.2. The van der Waals surface area contributed by atoms with Crippen molar-refractivity contribution in [1.82, 2.24) is 10.5 Å². The standard InChI is InChI=1S/C37H43N3O9/c1-5-6-7-8-9-20-47-29-17-13-27(14-18-29)37(45)48-31-19-10-25(22-32(31)46-4)21-30(36(43)44)39-34(41)26-11-15-28(16-12-26)38-35(42)33-23(2)40-49-24(33)3/h10-19,22,30,35,38,42H,5-9,20-21H2,1-4H3,(H,39,41)(H,43,44). The maximum atomic E-state index is 13.0. The maximum Gasteiger partial charge on any atom is 0.343 e. The number of carboxylic acids is 1. The van der Waals surface area contributed by atoms with Gasteiger partial charge in [-0.1, -0.05) is 43.8 Å². The van der Waals surface area contributed by atoms with Gasteiger partial charge in [-0.05, 0) is 86.5 Å². The van der Waals surface area contributed by atoms with E-state index in [1.165, 1.54) is 44.6 Å². The fourth-order valence-corrected chi connectivity index (χ4v) is 5.17. The first kappa shape index (κ1) is 36.5. The molecule has 0 saturated heterocycles. The van der Waals surface area contributed by atoms with E-state index in [2.05, 4.69) is 22.7 Å². The molecule has 260 valence electrons. The van der Waals surface area contributed by atoms with Crippen LogP contribution in [0.15, 0.2) is 71.3 Å². The Balaban J connectivity index is 1.32. The maximum absolute atomic E-state index is 13.0. The molecule has 3 aromatic carbocycles. The highest BCUT2D eigenvalue weighted by molar-refractivity contribution is 5.97. The smallest absolute Gasteiger partial charge is 0.343 e. The summed E-state index contributed by atoms with van der Waals surface area (Å²) in [4.78, 5) is 37.9. The van der Waals surface area contributed by atoms with Crippen LogP contribution in [0, 0.1) is 13.8 Å². The molecule has 0 radical (unpaired) electrons. The summed E-state index contributed by atoms with van der Waals surface area (Å²) in [6.45, 7) is 6.21. The number of hydrogen-bond acceptors (Lipinski definition) is 10. The molecule has 4 aromatic rings. The molecule has 12 heteroatoms. The van der Waals surface area contributed by atoms with E-state index in [0.717, 1.165) is 12.8 Å². The van der Waals surface area contributed by atoms with Gasteiger partial charge in [-0.25, -0.2) is 9.59 Å². The molecular formula is C37H43N3O9. The topological polar surface area (TPSA) is 169 Å². The highest BCUT2D eigenvalue weighted by Gasteiger charge is 2.23. The van der Waals surface area contributed by atoms with Crippen molar-refractivity contribution >= 4 is 23.5 Å². The molecule has 0 fully saturated rings. The third-order valence-corrected chi connectivity index (χ3v) is 7.89. The Hall–Kier alpha value is -5.36. The van der Waals surface area contributed by atoms with E-state index in [4.69, 9.17) is 18.7 Å². The van der Waals surface area contributed by atoms with E-state index >= 15 is 0 Å². The number of aliphatic hydroxyl groups excluding tert-OH is 1. The summed E-state index contributed by atoms with van der Waals surface area (Å²) in [6.07, 6.45) is 4.57. The Kier molecular flexibility index (Phi) is 13.2. The van der Waals surface area contributed by atoms with Crippen LogP contribution >= 0.6 is 0 Å². The number of aromatic nitrogens is 1. The van der Waals surface area contributed by atoms with Crippen LogP contribution in [0.1, 0.15) is 88.6 Å². The number of esters is 1. The van der Waals surface area contributed by atoms with Gasteiger partial charge in [0.25, 0.3) is 5.91 Å². The Labute approximate surface area is 285 Å². The lowest BCUT2D eigenvalue weighted by molar-refractivity contribution is -0.139. The van der Waals surface area contributed by atoms with Crippen molar-refractivity contribution in [2.75, 3.05) is 19.0 Å². The average Bonchev–Trinajstić information content (AvgIpc) is 3.44. The predicted octanol–water partition coefficient (Wildman–Crippen LogP) is 6.40. The highest BCUT2D eigenvalue weighted by Crippen LogP contribution is 2.30. The van der Waals surface area contributed by atoms with Crippen LogP contribution in [0.25, 0.3) is 0 Å². The summed E-state index contributed by atoms with van der Waals surface area (Å²) in [5, 5.41) is 29.7.